The van der Waals surface area contributed by atoms with Crippen LogP contribution in [0.3, 0.4) is 0 Å². The molecule has 5 rings (SSSR count). The molecule has 0 radical (unpaired) electrons. The van der Waals surface area contributed by atoms with Crippen molar-refractivity contribution < 1.29 is 0 Å². The summed E-state index contributed by atoms with van der Waals surface area (Å²) in [5.74, 6) is 1.24. The number of piperidine rings is 3. The second-order valence-corrected chi connectivity index (χ2v) is 7.34. The van der Waals surface area contributed by atoms with Crippen LogP contribution >= 0.6 is 0 Å². The minimum Gasteiger partial charge on any atom is -0.299 e. The molecule has 3 fully saturated rings. The highest BCUT2D eigenvalue weighted by Crippen LogP contribution is 2.47. The lowest BCUT2D eigenvalue weighted by Gasteiger charge is -2.58. The minimum absolute atomic E-state index is 0.0542. The van der Waals surface area contributed by atoms with E-state index < -0.39 is 0 Å². The van der Waals surface area contributed by atoms with Gasteiger partial charge in [-0.2, -0.15) is 0 Å². The summed E-state index contributed by atoms with van der Waals surface area (Å²) in [6.07, 6.45) is 3.99. The number of hydrogen-bond donors (Lipinski definition) is 1. The third kappa shape index (κ3) is 2.68. The zero-order valence-electron chi connectivity index (χ0n) is 14.6. The van der Waals surface area contributed by atoms with E-state index in [0.717, 1.165) is 12.5 Å². The number of likely N-dealkylation sites (N-methyl/N-ethyl adjacent to an activating group) is 1. The smallest absolute Gasteiger partial charge is 0.0826 e. The predicted molar refractivity (Wildman–Crippen MR) is 100 cm³/mol. The van der Waals surface area contributed by atoms with Crippen LogP contribution in [0.2, 0.25) is 0 Å². The molecule has 0 spiro atoms. The molecule has 2 aromatic carbocycles. The van der Waals surface area contributed by atoms with Gasteiger partial charge in [0.1, 0.15) is 0 Å². The van der Waals surface area contributed by atoms with E-state index in [0.29, 0.717) is 5.92 Å². The van der Waals surface area contributed by atoms with Crippen LogP contribution in [-0.2, 0) is 0 Å². The van der Waals surface area contributed by atoms with Crippen LogP contribution in [0.5, 0.6) is 0 Å². The highest BCUT2D eigenvalue weighted by Gasteiger charge is 2.50. The van der Waals surface area contributed by atoms with Crippen molar-refractivity contribution in [3.8, 4) is 0 Å². The summed E-state index contributed by atoms with van der Waals surface area (Å²) in [5.41, 5.74) is 2.91. The number of nitrogens with one attached hydrogen (secondary N) is 1. The molecule has 24 heavy (non-hydrogen) atoms. The number of rotatable bonds is 5. The molecular weight excluding hydrogens is 292 g/mol. The fourth-order valence-corrected chi connectivity index (χ4v) is 5.03. The van der Waals surface area contributed by atoms with Crippen molar-refractivity contribution in [2.75, 3.05) is 19.6 Å². The van der Waals surface area contributed by atoms with Crippen molar-refractivity contribution in [1.29, 1.82) is 0 Å². The van der Waals surface area contributed by atoms with Gasteiger partial charge >= 0.3 is 0 Å². The Hall–Kier alpha value is -1.64. The summed E-state index contributed by atoms with van der Waals surface area (Å²) in [6.45, 7) is 5.72. The minimum atomic E-state index is 0.0542. The van der Waals surface area contributed by atoms with Crippen LogP contribution in [0.4, 0.5) is 0 Å². The van der Waals surface area contributed by atoms with Gasteiger partial charge in [0.05, 0.1) is 5.66 Å². The van der Waals surface area contributed by atoms with Crippen LogP contribution < -0.4 is 5.32 Å². The molecule has 1 atom stereocenters. The molecule has 0 aliphatic carbocycles. The summed E-state index contributed by atoms with van der Waals surface area (Å²) in [5, 5.41) is 3.95. The van der Waals surface area contributed by atoms with Gasteiger partial charge in [-0.3, -0.25) is 10.2 Å². The topological polar surface area (TPSA) is 15.3 Å². The molecule has 3 aliphatic rings. The summed E-state index contributed by atoms with van der Waals surface area (Å²) in [6, 6.07) is 22.2. The molecule has 0 aromatic heterocycles. The fourth-order valence-electron chi connectivity index (χ4n) is 5.03. The average molecular weight is 320 g/mol. The van der Waals surface area contributed by atoms with E-state index in [9.17, 15) is 0 Å². The Bertz CT molecular complexity index is 607. The Kier molecular flexibility index (Phi) is 4.43. The number of nitrogens with zero attached hydrogens (tertiary/aromatic N) is 1. The maximum Gasteiger partial charge on any atom is 0.0826 e. The van der Waals surface area contributed by atoms with Gasteiger partial charge in [0.2, 0.25) is 0 Å². The second kappa shape index (κ2) is 6.70. The summed E-state index contributed by atoms with van der Waals surface area (Å²) in [4.78, 5) is 2.74. The molecule has 1 N–H and O–H groups in total. The van der Waals surface area contributed by atoms with Gasteiger partial charge in [-0.05, 0) is 42.9 Å². The van der Waals surface area contributed by atoms with E-state index in [2.05, 4.69) is 77.8 Å². The maximum atomic E-state index is 3.95. The molecule has 3 aliphatic heterocycles. The maximum absolute atomic E-state index is 3.95. The van der Waals surface area contributed by atoms with Crippen molar-refractivity contribution in [3.63, 3.8) is 0 Å². The van der Waals surface area contributed by atoms with Crippen LogP contribution in [0.15, 0.2) is 60.7 Å². The van der Waals surface area contributed by atoms with Gasteiger partial charge in [0, 0.05) is 19.0 Å². The van der Waals surface area contributed by atoms with Crippen molar-refractivity contribution in [1.82, 2.24) is 10.2 Å². The van der Waals surface area contributed by atoms with E-state index in [4.69, 9.17) is 0 Å². The molecule has 2 aromatic rings. The first-order valence-electron chi connectivity index (χ1n) is 9.43. The molecule has 2 nitrogen and oxygen atoms in total. The molecule has 2 heteroatoms. The lowest BCUT2D eigenvalue weighted by Crippen LogP contribution is -2.68. The van der Waals surface area contributed by atoms with Gasteiger partial charge in [0.15, 0.2) is 0 Å². The fraction of sp³-hybridized carbons (Fsp3) is 0.455. The first-order valence-corrected chi connectivity index (χ1v) is 9.43. The first kappa shape index (κ1) is 15.9. The van der Waals surface area contributed by atoms with E-state index in [-0.39, 0.29) is 5.66 Å². The van der Waals surface area contributed by atoms with Crippen LogP contribution in [-0.4, -0.2) is 30.2 Å². The Morgan fingerprint density at radius 1 is 0.958 bits per heavy atom. The predicted octanol–water partition coefficient (Wildman–Crippen LogP) is 4.24. The summed E-state index contributed by atoms with van der Waals surface area (Å²) >= 11 is 0. The molecule has 2 bridgehead atoms. The van der Waals surface area contributed by atoms with Crippen molar-refractivity contribution in [2.45, 2.75) is 37.8 Å². The Morgan fingerprint density at radius 2 is 1.50 bits per heavy atom. The third-order valence-electron chi connectivity index (χ3n) is 6.00. The van der Waals surface area contributed by atoms with Gasteiger partial charge in [-0.15, -0.1) is 0 Å². The largest absolute Gasteiger partial charge is 0.299 e. The number of benzene rings is 2. The lowest BCUT2D eigenvalue weighted by molar-refractivity contribution is -0.0608. The SMILES string of the molecule is CCNC1(C(c2ccccc2)c2ccccc2)CC2CCN1CC2. The molecule has 126 valence electrons. The van der Waals surface area contributed by atoms with Crippen molar-refractivity contribution >= 4 is 0 Å². The number of fused-ring (bicyclic) bond motifs is 3. The van der Waals surface area contributed by atoms with Crippen molar-refractivity contribution in [2.24, 2.45) is 5.92 Å². The molecule has 0 saturated carbocycles. The van der Waals surface area contributed by atoms with E-state index in [1.54, 1.807) is 0 Å². The van der Waals surface area contributed by atoms with Crippen LogP contribution in [0.1, 0.15) is 43.2 Å². The van der Waals surface area contributed by atoms with Gasteiger partial charge in [0.25, 0.3) is 0 Å². The zero-order chi connectivity index (χ0) is 16.4. The van der Waals surface area contributed by atoms with E-state index in [1.165, 1.54) is 43.5 Å². The average Bonchev–Trinajstić information content (AvgIpc) is 2.65. The lowest BCUT2D eigenvalue weighted by atomic mass is 9.69. The monoisotopic (exact) mass is 320 g/mol. The Morgan fingerprint density at radius 3 is 1.92 bits per heavy atom. The molecular formula is C22H28N2. The van der Waals surface area contributed by atoms with E-state index in [1.807, 2.05) is 0 Å². The van der Waals surface area contributed by atoms with Gasteiger partial charge < -0.3 is 0 Å². The van der Waals surface area contributed by atoms with Crippen molar-refractivity contribution in [3.05, 3.63) is 71.8 Å². The summed E-state index contributed by atoms with van der Waals surface area (Å²) < 4.78 is 0. The third-order valence-corrected chi connectivity index (χ3v) is 6.00. The summed E-state index contributed by atoms with van der Waals surface area (Å²) in [7, 11) is 0. The highest BCUT2D eigenvalue weighted by molar-refractivity contribution is 5.37. The Balaban J connectivity index is 1.84. The quantitative estimate of drug-likeness (QED) is 0.886. The van der Waals surface area contributed by atoms with Gasteiger partial charge in [-0.1, -0.05) is 67.6 Å². The Labute approximate surface area is 145 Å². The molecule has 0 amide bonds. The molecule has 3 heterocycles. The number of hydrogen-bond acceptors (Lipinski definition) is 2. The zero-order valence-corrected chi connectivity index (χ0v) is 14.6. The van der Waals surface area contributed by atoms with Gasteiger partial charge in [-0.25, -0.2) is 0 Å². The normalized spacial score (nSPS) is 29.1. The molecule has 3 saturated heterocycles. The molecule has 1 unspecified atom stereocenters. The highest BCUT2D eigenvalue weighted by atomic mass is 15.3. The van der Waals surface area contributed by atoms with E-state index >= 15 is 0 Å². The van der Waals surface area contributed by atoms with Crippen LogP contribution in [0.25, 0.3) is 0 Å². The standard InChI is InChI=1S/C22H28N2/c1-2-23-22(17-18-13-15-24(22)16-14-18)21(19-9-5-3-6-10-19)20-11-7-4-8-12-20/h3-12,18,21,23H,2,13-17H2,1H3. The van der Waals surface area contributed by atoms with Crippen LogP contribution in [0, 0.1) is 5.92 Å². The second-order valence-electron chi connectivity index (χ2n) is 7.34. The first-order chi connectivity index (χ1) is 11.8.